The zero-order chi connectivity index (χ0) is 13.4. The van der Waals surface area contributed by atoms with Gasteiger partial charge >= 0.3 is 0 Å². The highest BCUT2D eigenvalue weighted by molar-refractivity contribution is 8.06. The molecule has 1 heterocycles. The monoisotopic (exact) mass is 298 g/mol. The van der Waals surface area contributed by atoms with Crippen molar-refractivity contribution in [1.82, 2.24) is 0 Å². The lowest BCUT2D eigenvalue weighted by atomic mass is 10.4. The fourth-order valence-corrected chi connectivity index (χ4v) is 10.9. The van der Waals surface area contributed by atoms with Gasteiger partial charge in [0.25, 0.3) is 0 Å². The predicted octanol–water partition coefficient (Wildman–Crippen LogP) is 3.69. The summed E-state index contributed by atoms with van der Waals surface area (Å²) in [5.74, 6) is 0.293. The molecular weight excluding hydrogens is 280 g/mol. The van der Waals surface area contributed by atoms with E-state index in [9.17, 15) is 8.42 Å². The van der Waals surface area contributed by atoms with Crippen molar-refractivity contribution >= 4 is 29.7 Å². The minimum Gasteiger partial charge on any atom is -0.224 e. The molecule has 5 heteroatoms. The van der Waals surface area contributed by atoms with Crippen molar-refractivity contribution in [2.45, 2.75) is 31.0 Å². The Morgan fingerprint density at radius 3 is 2.28 bits per heavy atom. The molecule has 2 rings (SSSR count). The summed E-state index contributed by atoms with van der Waals surface area (Å²) in [5, 5.41) is 0. The summed E-state index contributed by atoms with van der Waals surface area (Å²) in [6.07, 6.45) is 0.682. The van der Waals surface area contributed by atoms with Crippen molar-refractivity contribution in [1.29, 1.82) is 0 Å². The SMILES string of the molecule is C[Si](C)(C)C1=C(Sc2ccccc2)CCS1(=O)=O. The second kappa shape index (κ2) is 4.87. The molecule has 0 aromatic heterocycles. The van der Waals surface area contributed by atoms with E-state index in [0.29, 0.717) is 12.2 Å². The fraction of sp³-hybridized carbons (Fsp3) is 0.385. The summed E-state index contributed by atoms with van der Waals surface area (Å²) in [5.41, 5.74) is 0. The summed E-state index contributed by atoms with van der Waals surface area (Å²) in [6.45, 7) is 6.32. The van der Waals surface area contributed by atoms with E-state index >= 15 is 0 Å². The van der Waals surface area contributed by atoms with Gasteiger partial charge in [-0.05, 0) is 18.6 Å². The Kier molecular flexibility index (Phi) is 3.76. The third-order valence-corrected chi connectivity index (χ3v) is 10.3. The molecule has 0 fully saturated rings. The molecule has 0 saturated carbocycles. The van der Waals surface area contributed by atoms with E-state index in [1.807, 2.05) is 30.3 Å². The van der Waals surface area contributed by atoms with Gasteiger partial charge in [0.1, 0.15) is 0 Å². The number of thioether (sulfide) groups is 1. The van der Waals surface area contributed by atoms with E-state index in [1.54, 1.807) is 11.8 Å². The van der Waals surface area contributed by atoms with Crippen LogP contribution in [0.3, 0.4) is 0 Å². The standard InChI is InChI=1S/C13H18O2S2Si/c1-18(2,3)13-12(9-10-17(13,14)15)16-11-7-5-4-6-8-11/h4-8H,9-10H2,1-3H3. The summed E-state index contributed by atoms with van der Waals surface area (Å²) >= 11 is 1.62. The Balaban J connectivity index is 2.42. The van der Waals surface area contributed by atoms with E-state index in [4.69, 9.17) is 0 Å². The van der Waals surface area contributed by atoms with Crippen LogP contribution in [0.15, 0.2) is 44.7 Å². The second-order valence-electron chi connectivity index (χ2n) is 5.49. The Labute approximate surface area is 114 Å². The van der Waals surface area contributed by atoms with Crippen LogP contribution < -0.4 is 0 Å². The summed E-state index contributed by atoms with van der Waals surface area (Å²) in [6, 6.07) is 10.0. The van der Waals surface area contributed by atoms with Crippen LogP contribution in [0.25, 0.3) is 0 Å². The normalized spacial score (nSPS) is 19.3. The molecule has 0 aliphatic carbocycles. The maximum absolute atomic E-state index is 12.2. The van der Waals surface area contributed by atoms with Crippen LogP contribution in [0.5, 0.6) is 0 Å². The zero-order valence-electron chi connectivity index (χ0n) is 10.9. The van der Waals surface area contributed by atoms with Crippen LogP contribution in [0.4, 0.5) is 0 Å². The topological polar surface area (TPSA) is 34.1 Å². The molecule has 18 heavy (non-hydrogen) atoms. The molecule has 0 radical (unpaired) electrons. The first-order chi connectivity index (χ1) is 8.31. The van der Waals surface area contributed by atoms with Crippen LogP contribution >= 0.6 is 11.8 Å². The highest BCUT2D eigenvalue weighted by atomic mass is 32.2. The van der Waals surface area contributed by atoms with Gasteiger partial charge in [-0.3, -0.25) is 0 Å². The van der Waals surface area contributed by atoms with Crippen LogP contribution in [0.2, 0.25) is 19.6 Å². The molecule has 0 atom stereocenters. The Morgan fingerprint density at radius 1 is 1.11 bits per heavy atom. The van der Waals surface area contributed by atoms with E-state index in [1.165, 1.54) is 0 Å². The first-order valence-electron chi connectivity index (χ1n) is 6.00. The van der Waals surface area contributed by atoms with Gasteiger partial charge in [-0.15, -0.1) is 0 Å². The van der Waals surface area contributed by atoms with Crippen LogP contribution in [0.1, 0.15) is 6.42 Å². The van der Waals surface area contributed by atoms with E-state index in [0.717, 1.165) is 14.3 Å². The van der Waals surface area contributed by atoms with Gasteiger partial charge in [-0.25, -0.2) is 8.42 Å². The second-order valence-corrected chi connectivity index (χ2v) is 14.1. The van der Waals surface area contributed by atoms with Gasteiger partial charge in [0.2, 0.25) is 0 Å². The molecule has 98 valence electrons. The predicted molar refractivity (Wildman–Crippen MR) is 81.1 cm³/mol. The average Bonchev–Trinajstić information content (AvgIpc) is 2.54. The van der Waals surface area contributed by atoms with E-state index in [-0.39, 0.29) is 0 Å². The number of benzene rings is 1. The summed E-state index contributed by atoms with van der Waals surface area (Å²) < 4.78 is 25.1. The lowest BCUT2D eigenvalue weighted by molar-refractivity contribution is 0.605. The molecule has 0 bridgehead atoms. The number of sulfone groups is 1. The van der Waals surface area contributed by atoms with Crippen molar-refractivity contribution in [2.24, 2.45) is 0 Å². The van der Waals surface area contributed by atoms with Gasteiger partial charge in [0, 0.05) is 14.3 Å². The number of hydrogen-bond acceptors (Lipinski definition) is 3. The number of hydrogen-bond donors (Lipinski definition) is 0. The Bertz CT molecular complexity index is 569. The smallest absolute Gasteiger partial charge is 0.171 e. The molecule has 1 aliphatic rings. The Morgan fingerprint density at radius 2 is 1.72 bits per heavy atom. The lowest BCUT2D eigenvalue weighted by Crippen LogP contribution is -2.28. The van der Waals surface area contributed by atoms with Crippen LogP contribution in [-0.2, 0) is 9.84 Å². The maximum atomic E-state index is 12.2. The highest BCUT2D eigenvalue weighted by Gasteiger charge is 2.38. The van der Waals surface area contributed by atoms with E-state index < -0.39 is 17.9 Å². The van der Waals surface area contributed by atoms with Crippen molar-refractivity contribution in [3.63, 3.8) is 0 Å². The third-order valence-electron chi connectivity index (χ3n) is 2.83. The first kappa shape index (κ1) is 13.9. The largest absolute Gasteiger partial charge is 0.224 e. The molecule has 0 unspecified atom stereocenters. The van der Waals surface area contributed by atoms with Crippen LogP contribution in [-0.4, -0.2) is 22.2 Å². The zero-order valence-corrected chi connectivity index (χ0v) is 13.6. The molecule has 1 aliphatic heterocycles. The molecule has 0 N–H and O–H groups in total. The van der Waals surface area contributed by atoms with Crippen molar-refractivity contribution in [3.05, 3.63) is 39.8 Å². The van der Waals surface area contributed by atoms with Crippen molar-refractivity contribution in [2.75, 3.05) is 5.75 Å². The first-order valence-corrected chi connectivity index (χ1v) is 12.0. The van der Waals surface area contributed by atoms with Gasteiger partial charge in [0.05, 0.1) is 13.8 Å². The minimum atomic E-state index is -2.99. The molecular formula is C13H18O2S2Si. The average molecular weight is 299 g/mol. The molecule has 1 aromatic carbocycles. The van der Waals surface area contributed by atoms with Gasteiger partial charge in [0.15, 0.2) is 9.84 Å². The van der Waals surface area contributed by atoms with Crippen molar-refractivity contribution in [3.8, 4) is 0 Å². The van der Waals surface area contributed by atoms with Gasteiger partial charge in [-0.2, -0.15) is 0 Å². The van der Waals surface area contributed by atoms with Gasteiger partial charge in [-0.1, -0.05) is 49.6 Å². The lowest BCUT2D eigenvalue weighted by Gasteiger charge is -2.19. The quantitative estimate of drug-likeness (QED) is 0.798. The molecule has 2 nitrogen and oxygen atoms in total. The maximum Gasteiger partial charge on any atom is 0.171 e. The molecule has 0 spiro atoms. The van der Waals surface area contributed by atoms with E-state index in [2.05, 4.69) is 19.6 Å². The molecule has 1 aromatic rings. The van der Waals surface area contributed by atoms with Gasteiger partial charge < -0.3 is 0 Å². The molecule has 0 saturated heterocycles. The highest BCUT2D eigenvalue weighted by Crippen LogP contribution is 2.41. The number of allylic oxidation sites excluding steroid dienone is 1. The fourth-order valence-electron chi connectivity index (χ4n) is 2.23. The summed E-state index contributed by atoms with van der Waals surface area (Å²) in [7, 11) is -4.80. The third kappa shape index (κ3) is 2.89. The Hall–Kier alpha value is -0.523. The number of rotatable bonds is 3. The van der Waals surface area contributed by atoms with Crippen molar-refractivity contribution < 1.29 is 8.42 Å². The van der Waals surface area contributed by atoms with Crippen LogP contribution in [0, 0.1) is 0 Å². The molecule has 0 amide bonds. The minimum absolute atomic E-state index is 0.293. The summed E-state index contributed by atoms with van der Waals surface area (Å²) in [4.78, 5) is 2.20.